The van der Waals surface area contributed by atoms with Crippen LogP contribution < -0.4 is 10.6 Å². The van der Waals surface area contributed by atoms with Gasteiger partial charge in [0.25, 0.3) is 5.91 Å². The summed E-state index contributed by atoms with van der Waals surface area (Å²) in [7, 11) is -3.00. The monoisotopic (exact) mass is 368 g/mol. The lowest BCUT2D eigenvalue weighted by Crippen LogP contribution is -2.33. The third-order valence-corrected chi connectivity index (χ3v) is 6.19. The molecule has 1 aliphatic heterocycles. The Hall–Kier alpha value is -1.44. The van der Waals surface area contributed by atoms with Crippen molar-refractivity contribution in [3.05, 3.63) is 35.4 Å². The Balaban J connectivity index is 1.84. The fraction of sp³-hybridized carbons (Fsp3) is 0.611. The Morgan fingerprint density at radius 3 is 2.88 bits per heavy atom. The van der Waals surface area contributed by atoms with Gasteiger partial charge < -0.3 is 15.4 Å². The second kappa shape index (κ2) is 9.31. The predicted octanol–water partition coefficient (Wildman–Crippen LogP) is 1.51. The van der Waals surface area contributed by atoms with Crippen LogP contribution in [-0.2, 0) is 21.1 Å². The van der Waals surface area contributed by atoms with Gasteiger partial charge in [-0.25, -0.2) is 8.42 Å². The molecule has 1 aliphatic rings. The molecule has 2 atom stereocenters. The highest BCUT2D eigenvalue weighted by Gasteiger charge is 2.17. The number of hydrogen-bond acceptors (Lipinski definition) is 5. The lowest BCUT2D eigenvalue weighted by molar-refractivity contribution is 0.0857. The van der Waals surface area contributed by atoms with Crippen molar-refractivity contribution in [1.82, 2.24) is 10.6 Å². The highest BCUT2D eigenvalue weighted by Crippen LogP contribution is 2.11. The molecule has 0 aromatic heterocycles. The number of benzene rings is 1. The maximum absolute atomic E-state index is 12.3. The molecule has 0 spiro atoms. The normalized spacial score (nSPS) is 18.9. The summed E-state index contributed by atoms with van der Waals surface area (Å²) < 4.78 is 28.8. The molecule has 1 aromatic carbocycles. The second-order valence-corrected chi connectivity index (χ2v) is 8.92. The maximum Gasteiger partial charge on any atom is 0.251 e. The van der Waals surface area contributed by atoms with Crippen LogP contribution in [0.4, 0.5) is 0 Å². The zero-order valence-electron chi connectivity index (χ0n) is 15.0. The van der Waals surface area contributed by atoms with Crippen LogP contribution >= 0.6 is 0 Å². The van der Waals surface area contributed by atoms with Crippen molar-refractivity contribution in [3.8, 4) is 0 Å². The quantitative estimate of drug-likeness (QED) is 0.690. The summed E-state index contributed by atoms with van der Waals surface area (Å²) in [5.41, 5.74) is 1.55. The van der Waals surface area contributed by atoms with Gasteiger partial charge in [-0.1, -0.05) is 19.1 Å². The van der Waals surface area contributed by atoms with Gasteiger partial charge in [-0.05, 0) is 37.5 Å². The molecule has 1 amide bonds. The zero-order chi connectivity index (χ0) is 18.3. The fourth-order valence-electron chi connectivity index (χ4n) is 2.79. The minimum atomic E-state index is -3.00. The van der Waals surface area contributed by atoms with Crippen LogP contribution in [-0.4, -0.2) is 51.1 Å². The maximum atomic E-state index is 12.3. The van der Waals surface area contributed by atoms with E-state index in [1.54, 1.807) is 13.0 Å². The van der Waals surface area contributed by atoms with E-state index in [0.717, 1.165) is 25.0 Å². The van der Waals surface area contributed by atoms with Gasteiger partial charge in [-0.3, -0.25) is 4.79 Å². The van der Waals surface area contributed by atoms with Gasteiger partial charge in [0.2, 0.25) is 0 Å². The number of nitrogens with one attached hydrogen (secondary N) is 2. The third-order valence-electron chi connectivity index (χ3n) is 4.30. The van der Waals surface area contributed by atoms with E-state index in [9.17, 15) is 13.2 Å². The van der Waals surface area contributed by atoms with Gasteiger partial charge in [0.15, 0.2) is 9.84 Å². The second-order valence-electron chi connectivity index (χ2n) is 6.53. The van der Waals surface area contributed by atoms with E-state index in [1.165, 1.54) is 0 Å². The van der Waals surface area contributed by atoms with Gasteiger partial charge in [-0.2, -0.15) is 0 Å². The molecule has 1 fully saturated rings. The Kier molecular flexibility index (Phi) is 7.40. The van der Waals surface area contributed by atoms with Gasteiger partial charge in [0, 0.05) is 37.1 Å². The van der Waals surface area contributed by atoms with E-state index < -0.39 is 9.84 Å². The van der Waals surface area contributed by atoms with Crippen LogP contribution in [0.5, 0.6) is 0 Å². The van der Waals surface area contributed by atoms with Crippen molar-refractivity contribution in [2.45, 2.75) is 45.4 Å². The number of amides is 1. The first-order valence-corrected chi connectivity index (χ1v) is 10.6. The Morgan fingerprint density at radius 1 is 1.40 bits per heavy atom. The van der Waals surface area contributed by atoms with E-state index in [-0.39, 0.29) is 29.6 Å². The first-order valence-electron chi connectivity index (χ1n) is 8.82. The molecule has 0 unspecified atom stereocenters. The van der Waals surface area contributed by atoms with E-state index in [0.29, 0.717) is 18.7 Å². The van der Waals surface area contributed by atoms with E-state index >= 15 is 0 Å². The number of hydrogen-bond donors (Lipinski definition) is 2. The van der Waals surface area contributed by atoms with Crippen LogP contribution in [0.2, 0.25) is 0 Å². The summed E-state index contributed by atoms with van der Waals surface area (Å²) in [4.78, 5) is 12.3. The standard InChI is InChI=1S/C18H28N2O4S/c1-3-25(22,23)13-14(2)19-11-15-6-4-7-16(10-15)18(21)20-12-17-8-5-9-24-17/h4,6-7,10,14,17,19H,3,5,8-9,11-13H2,1-2H3,(H,20,21)/t14-,17-/m1/s1. The molecule has 0 bridgehead atoms. The summed E-state index contributed by atoms with van der Waals surface area (Å²) in [5.74, 6) is 0.156. The highest BCUT2D eigenvalue weighted by molar-refractivity contribution is 7.91. The molecule has 2 rings (SSSR count). The van der Waals surface area contributed by atoms with Crippen LogP contribution in [0, 0.1) is 0 Å². The molecular formula is C18H28N2O4S. The summed E-state index contributed by atoms with van der Waals surface area (Å²) >= 11 is 0. The largest absolute Gasteiger partial charge is 0.376 e. The van der Waals surface area contributed by atoms with Crippen LogP contribution in [0.1, 0.15) is 42.6 Å². The molecule has 1 heterocycles. The minimum absolute atomic E-state index is 0.112. The number of rotatable bonds is 9. The van der Waals surface area contributed by atoms with Gasteiger partial charge >= 0.3 is 0 Å². The fourth-order valence-corrected chi connectivity index (χ4v) is 3.90. The van der Waals surface area contributed by atoms with Crippen molar-refractivity contribution in [3.63, 3.8) is 0 Å². The molecule has 25 heavy (non-hydrogen) atoms. The Bertz CT molecular complexity index is 669. The van der Waals surface area contributed by atoms with Crippen molar-refractivity contribution < 1.29 is 17.9 Å². The first kappa shape index (κ1) is 19.9. The summed E-state index contributed by atoms with van der Waals surface area (Å²) in [6, 6.07) is 7.23. The molecule has 2 N–H and O–H groups in total. The highest BCUT2D eigenvalue weighted by atomic mass is 32.2. The first-order chi connectivity index (χ1) is 11.9. The molecule has 0 radical (unpaired) electrons. The van der Waals surface area contributed by atoms with Crippen LogP contribution in [0.15, 0.2) is 24.3 Å². The van der Waals surface area contributed by atoms with Gasteiger partial charge in [0.05, 0.1) is 11.9 Å². The Labute approximate surface area is 150 Å². The summed E-state index contributed by atoms with van der Waals surface area (Å²) in [6.07, 6.45) is 2.16. The van der Waals surface area contributed by atoms with Gasteiger partial charge in [0.1, 0.15) is 0 Å². The summed E-state index contributed by atoms with van der Waals surface area (Å²) in [6.45, 7) is 5.33. The van der Waals surface area contributed by atoms with Crippen molar-refractivity contribution in [1.29, 1.82) is 0 Å². The SMILES string of the molecule is CCS(=O)(=O)C[C@@H](C)NCc1cccc(C(=O)NC[C@H]2CCCO2)c1. The average Bonchev–Trinajstić information content (AvgIpc) is 3.11. The molecule has 140 valence electrons. The van der Waals surface area contributed by atoms with E-state index in [1.807, 2.05) is 25.1 Å². The number of carbonyl (C=O) groups excluding carboxylic acids is 1. The smallest absolute Gasteiger partial charge is 0.251 e. The Morgan fingerprint density at radius 2 is 2.20 bits per heavy atom. The molecule has 0 saturated carbocycles. The number of sulfone groups is 1. The predicted molar refractivity (Wildman–Crippen MR) is 98.4 cm³/mol. The molecule has 7 heteroatoms. The zero-order valence-corrected chi connectivity index (χ0v) is 15.8. The van der Waals surface area contributed by atoms with E-state index in [2.05, 4.69) is 10.6 Å². The molecule has 1 aromatic rings. The topological polar surface area (TPSA) is 84.5 Å². The molecular weight excluding hydrogens is 340 g/mol. The molecule has 1 saturated heterocycles. The van der Waals surface area contributed by atoms with Crippen LogP contribution in [0.3, 0.4) is 0 Å². The number of ether oxygens (including phenoxy) is 1. The molecule has 6 nitrogen and oxygen atoms in total. The number of carbonyl (C=O) groups is 1. The van der Waals surface area contributed by atoms with Crippen molar-refractivity contribution >= 4 is 15.7 Å². The van der Waals surface area contributed by atoms with E-state index in [4.69, 9.17) is 4.74 Å². The lowest BCUT2D eigenvalue weighted by Gasteiger charge is -2.14. The average molecular weight is 368 g/mol. The molecule has 0 aliphatic carbocycles. The van der Waals surface area contributed by atoms with Crippen molar-refractivity contribution in [2.24, 2.45) is 0 Å². The van der Waals surface area contributed by atoms with Crippen LogP contribution in [0.25, 0.3) is 0 Å². The lowest BCUT2D eigenvalue weighted by atomic mass is 10.1. The summed E-state index contributed by atoms with van der Waals surface area (Å²) in [5, 5.41) is 6.11. The van der Waals surface area contributed by atoms with Crippen molar-refractivity contribution in [2.75, 3.05) is 24.7 Å². The minimum Gasteiger partial charge on any atom is -0.376 e. The van der Waals surface area contributed by atoms with Gasteiger partial charge in [-0.15, -0.1) is 0 Å². The third kappa shape index (κ3) is 6.76.